The van der Waals surface area contributed by atoms with Crippen LogP contribution in [0.4, 0.5) is 0 Å². The van der Waals surface area contributed by atoms with E-state index >= 15 is 0 Å². The van der Waals surface area contributed by atoms with Gasteiger partial charge in [0.15, 0.2) is 0 Å². The number of rotatable bonds is 9. The maximum absolute atomic E-state index is 12.5. The third-order valence-corrected chi connectivity index (χ3v) is 6.24. The van der Waals surface area contributed by atoms with Gasteiger partial charge in [0.1, 0.15) is 10.3 Å². The number of nitrogens with zero attached hydrogens (tertiary/aromatic N) is 1. The summed E-state index contributed by atoms with van der Waals surface area (Å²) in [4.78, 5) is 35.7. The van der Waals surface area contributed by atoms with E-state index < -0.39 is 34.0 Å². The van der Waals surface area contributed by atoms with Gasteiger partial charge in [-0.25, -0.2) is 13.2 Å². The third kappa shape index (κ3) is 6.11. The largest absolute Gasteiger partial charge is 0.480 e. The molecule has 3 N–H and O–H groups in total. The van der Waals surface area contributed by atoms with Gasteiger partial charge in [-0.1, -0.05) is 6.07 Å². The van der Waals surface area contributed by atoms with Crippen LogP contribution in [0.2, 0.25) is 0 Å². The highest BCUT2D eigenvalue weighted by molar-refractivity contribution is 7.91. The molecule has 0 aliphatic carbocycles. The van der Waals surface area contributed by atoms with Gasteiger partial charge in [0.05, 0.1) is 6.04 Å². The standard InChI is InChI=1S/C14H21N3O6S2/c1-9(16-25(22,23)12-5-4-8-24-12)13(19)17(10(2)14(20)21)7-6-15-11(3)18/h4-5,8-10,16H,6-7H2,1-3H3,(H,15,18)(H,20,21). The minimum atomic E-state index is -3.87. The predicted octanol–water partition coefficient (Wildman–Crippen LogP) is -0.147. The normalized spacial score (nSPS) is 13.7. The SMILES string of the molecule is CC(=O)NCCN(C(=O)C(C)NS(=O)(=O)c1cccs1)C(C)C(=O)O. The topological polar surface area (TPSA) is 133 Å². The summed E-state index contributed by atoms with van der Waals surface area (Å²) >= 11 is 1.00. The molecular formula is C14H21N3O6S2. The number of carbonyl (C=O) groups excluding carboxylic acids is 2. The predicted molar refractivity (Wildman–Crippen MR) is 91.6 cm³/mol. The summed E-state index contributed by atoms with van der Waals surface area (Å²) in [6, 6.07) is 0.637. The van der Waals surface area contributed by atoms with Gasteiger partial charge < -0.3 is 15.3 Å². The molecule has 2 amide bonds. The van der Waals surface area contributed by atoms with Crippen LogP contribution < -0.4 is 10.0 Å². The number of hydrogen-bond donors (Lipinski definition) is 3. The van der Waals surface area contributed by atoms with Crippen molar-refractivity contribution < 1.29 is 27.9 Å². The molecule has 0 aliphatic heterocycles. The maximum Gasteiger partial charge on any atom is 0.326 e. The van der Waals surface area contributed by atoms with E-state index in [2.05, 4.69) is 10.0 Å². The van der Waals surface area contributed by atoms with Crippen molar-refractivity contribution in [3.8, 4) is 0 Å². The first-order chi connectivity index (χ1) is 11.6. The second kappa shape index (κ2) is 8.92. The highest BCUT2D eigenvalue weighted by Crippen LogP contribution is 2.16. The lowest BCUT2D eigenvalue weighted by molar-refractivity contribution is -0.149. The summed E-state index contributed by atoms with van der Waals surface area (Å²) in [5.74, 6) is -2.24. The van der Waals surface area contributed by atoms with Crippen LogP contribution in [0, 0.1) is 0 Å². The summed E-state index contributed by atoms with van der Waals surface area (Å²) < 4.78 is 26.7. The van der Waals surface area contributed by atoms with Crippen molar-refractivity contribution in [3.63, 3.8) is 0 Å². The molecule has 0 radical (unpaired) electrons. The van der Waals surface area contributed by atoms with Crippen LogP contribution >= 0.6 is 11.3 Å². The number of aliphatic carboxylic acids is 1. The fourth-order valence-electron chi connectivity index (χ4n) is 1.99. The molecule has 1 heterocycles. The van der Waals surface area contributed by atoms with Crippen LogP contribution in [0.3, 0.4) is 0 Å². The summed E-state index contributed by atoms with van der Waals surface area (Å²) in [5, 5.41) is 13.2. The first kappa shape index (κ1) is 21.1. The Morgan fingerprint density at radius 2 is 1.96 bits per heavy atom. The number of nitrogens with one attached hydrogen (secondary N) is 2. The zero-order valence-electron chi connectivity index (χ0n) is 14.1. The van der Waals surface area contributed by atoms with Crippen LogP contribution in [0.1, 0.15) is 20.8 Å². The lowest BCUT2D eigenvalue weighted by Crippen LogP contribution is -2.53. The number of hydrogen-bond acceptors (Lipinski definition) is 6. The second-order valence-corrected chi connectivity index (χ2v) is 8.19. The van der Waals surface area contributed by atoms with E-state index in [9.17, 15) is 22.8 Å². The molecule has 0 spiro atoms. The van der Waals surface area contributed by atoms with E-state index in [1.807, 2.05) is 0 Å². The van der Waals surface area contributed by atoms with Crippen LogP contribution in [-0.2, 0) is 24.4 Å². The van der Waals surface area contributed by atoms with E-state index in [0.29, 0.717) is 0 Å². The molecule has 0 saturated carbocycles. The number of carboxylic acids is 1. The molecule has 1 aromatic heterocycles. The molecule has 1 aromatic rings. The fourth-order valence-corrected chi connectivity index (χ4v) is 4.19. The van der Waals surface area contributed by atoms with Crippen LogP contribution in [0.15, 0.2) is 21.7 Å². The molecule has 2 unspecified atom stereocenters. The monoisotopic (exact) mass is 391 g/mol. The molecule has 1 rings (SSSR count). The van der Waals surface area contributed by atoms with Gasteiger partial charge in [0.2, 0.25) is 11.8 Å². The van der Waals surface area contributed by atoms with E-state index in [0.717, 1.165) is 16.2 Å². The van der Waals surface area contributed by atoms with Crippen LogP contribution in [-0.4, -0.2) is 61.4 Å². The Hall–Kier alpha value is -1.98. The molecule has 2 atom stereocenters. The Morgan fingerprint density at radius 3 is 2.44 bits per heavy atom. The van der Waals surface area contributed by atoms with E-state index in [1.165, 1.54) is 26.8 Å². The number of carbonyl (C=O) groups is 3. The molecule has 25 heavy (non-hydrogen) atoms. The highest BCUT2D eigenvalue weighted by atomic mass is 32.2. The maximum atomic E-state index is 12.5. The van der Waals surface area contributed by atoms with E-state index in [4.69, 9.17) is 5.11 Å². The quantitative estimate of drug-likeness (QED) is 0.536. The Kier molecular flexibility index (Phi) is 7.52. The van der Waals surface area contributed by atoms with Crippen molar-refractivity contribution in [3.05, 3.63) is 17.5 Å². The molecule has 11 heteroatoms. The van der Waals surface area contributed by atoms with E-state index in [1.54, 1.807) is 11.4 Å². The van der Waals surface area contributed by atoms with Gasteiger partial charge in [-0.3, -0.25) is 9.59 Å². The van der Waals surface area contributed by atoms with Gasteiger partial charge in [0.25, 0.3) is 10.0 Å². The Morgan fingerprint density at radius 1 is 1.32 bits per heavy atom. The second-order valence-electron chi connectivity index (χ2n) is 5.30. The lowest BCUT2D eigenvalue weighted by atomic mass is 10.2. The summed E-state index contributed by atoms with van der Waals surface area (Å²) in [7, 11) is -3.87. The number of thiophene rings is 1. The first-order valence-corrected chi connectivity index (χ1v) is 9.76. The minimum Gasteiger partial charge on any atom is -0.480 e. The van der Waals surface area contributed by atoms with Crippen LogP contribution in [0.25, 0.3) is 0 Å². The Bertz CT molecular complexity index is 717. The zero-order valence-corrected chi connectivity index (χ0v) is 15.7. The van der Waals surface area contributed by atoms with Gasteiger partial charge >= 0.3 is 5.97 Å². The molecule has 0 bridgehead atoms. The Labute approximate surface area is 150 Å². The smallest absolute Gasteiger partial charge is 0.326 e. The number of sulfonamides is 1. The van der Waals surface area contributed by atoms with Crippen molar-refractivity contribution in [2.45, 2.75) is 37.1 Å². The average molecular weight is 391 g/mol. The molecular weight excluding hydrogens is 370 g/mol. The molecule has 9 nitrogen and oxygen atoms in total. The van der Waals surface area contributed by atoms with Gasteiger partial charge in [-0.15, -0.1) is 11.3 Å². The summed E-state index contributed by atoms with van der Waals surface area (Å²) in [6.45, 7) is 3.95. The number of carboxylic acid groups (broad SMARTS) is 1. The molecule has 0 aliphatic rings. The highest BCUT2D eigenvalue weighted by Gasteiger charge is 2.31. The first-order valence-electron chi connectivity index (χ1n) is 7.40. The molecule has 140 valence electrons. The van der Waals surface area contributed by atoms with Crippen molar-refractivity contribution in [1.82, 2.24) is 14.9 Å². The Balaban J connectivity index is 2.87. The summed E-state index contributed by atoms with van der Waals surface area (Å²) in [5.41, 5.74) is 0. The third-order valence-electron chi connectivity index (χ3n) is 3.30. The number of amides is 2. The minimum absolute atomic E-state index is 0.0585. The summed E-state index contributed by atoms with van der Waals surface area (Å²) in [6.07, 6.45) is 0. The van der Waals surface area contributed by atoms with Crippen molar-refractivity contribution in [1.29, 1.82) is 0 Å². The van der Waals surface area contributed by atoms with Gasteiger partial charge in [0, 0.05) is 20.0 Å². The average Bonchev–Trinajstić information content (AvgIpc) is 3.04. The van der Waals surface area contributed by atoms with Crippen molar-refractivity contribution in [2.24, 2.45) is 0 Å². The van der Waals surface area contributed by atoms with E-state index in [-0.39, 0.29) is 23.2 Å². The zero-order chi connectivity index (χ0) is 19.2. The van der Waals surface area contributed by atoms with Crippen molar-refractivity contribution in [2.75, 3.05) is 13.1 Å². The van der Waals surface area contributed by atoms with Crippen molar-refractivity contribution >= 4 is 39.1 Å². The molecule has 0 saturated heterocycles. The fraction of sp³-hybridized carbons (Fsp3) is 0.500. The lowest BCUT2D eigenvalue weighted by Gasteiger charge is -2.29. The van der Waals surface area contributed by atoms with Gasteiger partial charge in [-0.05, 0) is 25.3 Å². The molecule has 0 aromatic carbocycles. The van der Waals surface area contributed by atoms with Crippen LogP contribution in [0.5, 0.6) is 0 Å². The van der Waals surface area contributed by atoms with Gasteiger partial charge in [-0.2, -0.15) is 4.72 Å². The molecule has 0 fully saturated rings.